The molecule has 0 fully saturated rings. The molecule has 5 nitrogen and oxygen atoms in total. The Labute approximate surface area is 365 Å². The molecule has 0 N–H and O–H groups in total. The summed E-state index contributed by atoms with van der Waals surface area (Å²) >= 11 is 1.85. The van der Waals surface area contributed by atoms with E-state index in [1.165, 1.54) is 42.1 Å². The summed E-state index contributed by atoms with van der Waals surface area (Å²) in [5, 5.41) is 6.98. The Bertz CT molecular complexity index is 3850. The van der Waals surface area contributed by atoms with E-state index in [0.717, 1.165) is 66.5 Å². The van der Waals surface area contributed by atoms with Crippen LogP contribution < -0.4 is 0 Å². The van der Waals surface area contributed by atoms with Gasteiger partial charge in [-0.05, 0) is 76.9 Å². The summed E-state index contributed by atoms with van der Waals surface area (Å²) in [7, 11) is 0. The molecule has 0 aliphatic heterocycles. The van der Waals surface area contributed by atoms with Crippen LogP contribution in [0, 0.1) is 0 Å². The predicted octanol–water partition coefficient (Wildman–Crippen LogP) is 15.6. The van der Waals surface area contributed by atoms with Gasteiger partial charge < -0.3 is 8.98 Å². The van der Waals surface area contributed by atoms with Crippen LogP contribution in [0.3, 0.4) is 0 Å². The lowest BCUT2D eigenvalue weighted by Crippen LogP contribution is -2.00. The fraction of sp³-hybridized carbons (Fsp3) is 0. The lowest BCUT2D eigenvalue weighted by molar-refractivity contribution is 0.669. The van der Waals surface area contributed by atoms with Gasteiger partial charge in [0.25, 0.3) is 0 Å². The molecule has 63 heavy (non-hydrogen) atoms. The molecule has 0 bridgehead atoms. The third-order valence-corrected chi connectivity index (χ3v) is 13.4. The lowest BCUT2D eigenvalue weighted by Gasteiger charge is -2.11. The number of para-hydroxylation sites is 1. The standard InChI is InChI=1S/C57H34N4OS/c1-4-15-35(16-5-1)39-32-46(57-59-55(36-17-6-2-7-18-36)58-56(60-57)37-19-8-3-9-20-37)54-44-29-28-40(34-49(44)62-50(54)33-39)61-47-24-12-10-22-43(47)53-41(23-14-25-48(53)61)38-27-30-52-45(31-38)42-21-11-13-26-51(42)63-52/h1-34H. The second kappa shape index (κ2) is 14.2. The molecule has 13 rings (SSSR count). The summed E-state index contributed by atoms with van der Waals surface area (Å²) in [4.78, 5) is 15.4. The van der Waals surface area contributed by atoms with Crippen LogP contribution in [-0.2, 0) is 0 Å². The molecule has 0 unspecified atom stereocenters. The van der Waals surface area contributed by atoms with E-state index < -0.39 is 0 Å². The average Bonchev–Trinajstić information content (AvgIpc) is 4.03. The SMILES string of the molecule is c1ccc(-c2cc(-c3nc(-c4ccccc4)nc(-c4ccccc4)n3)c3c(c2)oc2cc(-n4c5ccccc5c5c(-c6ccc7sc8ccccc8c7c6)cccc54)ccc23)cc1. The van der Waals surface area contributed by atoms with Crippen molar-refractivity contribution < 1.29 is 4.42 Å². The number of nitrogens with zero attached hydrogens (tertiary/aromatic N) is 4. The topological polar surface area (TPSA) is 56.7 Å². The molecular weight excluding hydrogens is 789 g/mol. The van der Waals surface area contributed by atoms with E-state index in [1.54, 1.807) is 0 Å². The lowest BCUT2D eigenvalue weighted by atomic mass is 9.98. The summed E-state index contributed by atoms with van der Waals surface area (Å²) in [6, 6.07) is 72.6. The normalized spacial score (nSPS) is 11.8. The number of furan rings is 1. The predicted molar refractivity (Wildman–Crippen MR) is 262 cm³/mol. The summed E-state index contributed by atoms with van der Waals surface area (Å²) in [6.07, 6.45) is 0. The Kier molecular flexibility index (Phi) is 8.01. The van der Waals surface area contributed by atoms with Crippen molar-refractivity contribution in [2.24, 2.45) is 0 Å². The highest BCUT2D eigenvalue weighted by atomic mass is 32.1. The summed E-state index contributed by atoms with van der Waals surface area (Å²) in [5.41, 5.74) is 12.1. The minimum absolute atomic E-state index is 0.584. The minimum Gasteiger partial charge on any atom is -0.456 e. The van der Waals surface area contributed by atoms with E-state index in [2.05, 4.69) is 144 Å². The Morgan fingerprint density at radius 3 is 1.75 bits per heavy atom. The van der Waals surface area contributed by atoms with E-state index in [1.807, 2.05) is 78.1 Å². The molecule has 0 spiro atoms. The summed E-state index contributed by atoms with van der Waals surface area (Å²) < 4.78 is 11.9. The van der Waals surface area contributed by atoms with Crippen molar-refractivity contribution in [1.82, 2.24) is 19.5 Å². The van der Waals surface area contributed by atoms with Gasteiger partial charge in [-0.3, -0.25) is 0 Å². The maximum absolute atomic E-state index is 6.95. The average molecular weight is 823 g/mol. The zero-order chi connectivity index (χ0) is 41.4. The van der Waals surface area contributed by atoms with Gasteiger partial charge in [-0.15, -0.1) is 11.3 Å². The number of hydrogen-bond acceptors (Lipinski definition) is 5. The molecule has 294 valence electrons. The van der Waals surface area contributed by atoms with Gasteiger partial charge in [0.15, 0.2) is 17.5 Å². The Morgan fingerprint density at radius 1 is 0.349 bits per heavy atom. The largest absolute Gasteiger partial charge is 0.456 e. The van der Waals surface area contributed by atoms with E-state index in [0.29, 0.717) is 17.5 Å². The molecule has 0 aliphatic rings. The van der Waals surface area contributed by atoms with Crippen LogP contribution in [0.25, 0.3) is 126 Å². The maximum Gasteiger partial charge on any atom is 0.164 e. The van der Waals surface area contributed by atoms with Crippen molar-refractivity contribution >= 4 is 75.3 Å². The monoisotopic (exact) mass is 822 g/mol. The van der Waals surface area contributed by atoms with Gasteiger partial charge in [-0.25, -0.2) is 15.0 Å². The van der Waals surface area contributed by atoms with Gasteiger partial charge in [-0.1, -0.05) is 146 Å². The molecule has 4 aromatic heterocycles. The third kappa shape index (κ3) is 5.80. The van der Waals surface area contributed by atoms with Crippen molar-refractivity contribution in [2.45, 2.75) is 0 Å². The Hall–Kier alpha value is -8.19. The van der Waals surface area contributed by atoms with Crippen LogP contribution in [-0.4, -0.2) is 19.5 Å². The van der Waals surface area contributed by atoms with Gasteiger partial charge in [0.05, 0.1) is 11.0 Å². The highest BCUT2D eigenvalue weighted by Gasteiger charge is 2.22. The van der Waals surface area contributed by atoms with Crippen molar-refractivity contribution in [1.29, 1.82) is 0 Å². The van der Waals surface area contributed by atoms with Gasteiger partial charge in [0.1, 0.15) is 11.2 Å². The highest BCUT2D eigenvalue weighted by molar-refractivity contribution is 7.25. The first kappa shape index (κ1) is 35.6. The summed E-state index contributed by atoms with van der Waals surface area (Å²) in [6.45, 7) is 0. The zero-order valence-electron chi connectivity index (χ0n) is 33.7. The fourth-order valence-corrected chi connectivity index (χ4v) is 10.5. The number of fused-ring (bicyclic) bond motifs is 9. The van der Waals surface area contributed by atoms with Crippen LogP contribution in [0.4, 0.5) is 0 Å². The number of thiophene rings is 1. The maximum atomic E-state index is 6.95. The molecule has 0 amide bonds. The molecule has 0 atom stereocenters. The van der Waals surface area contributed by atoms with E-state index >= 15 is 0 Å². The highest BCUT2D eigenvalue weighted by Crippen LogP contribution is 2.44. The van der Waals surface area contributed by atoms with Gasteiger partial charge in [0.2, 0.25) is 0 Å². The number of rotatable bonds is 6. The molecule has 0 saturated carbocycles. The molecule has 6 heteroatoms. The second-order valence-electron chi connectivity index (χ2n) is 15.9. The van der Waals surface area contributed by atoms with Crippen molar-refractivity contribution in [3.05, 3.63) is 206 Å². The quantitative estimate of drug-likeness (QED) is 0.168. The number of aromatic nitrogens is 4. The Balaban J connectivity index is 1.03. The smallest absolute Gasteiger partial charge is 0.164 e. The van der Waals surface area contributed by atoms with Gasteiger partial charge >= 0.3 is 0 Å². The van der Waals surface area contributed by atoms with Crippen LogP contribution in [0.15, 0.2) is 211 Å². The second-order valence-corrected chi connectivity index (χ2v) is 17.0. The molecule has 13 aromatic rings. The fourth-order valence-electron chi connectivity index (χ4n) is 9.37. The first-order valence-electron chi connectivity index (χ1n) is 21.1. The first-order chi connectivity index (χ1) is 31.2. The van der Waals surface area contributed by atoms with Crippen molar-refractivity contribution in [3.8, 4) is 62.1 Å². The van der Waals surface area contributed by atoms with E-state index in [-0.39, 0.29) is 0 Å². The summed E-state index contributed by atoms with van der Waals surface area (Å²) in [5.74, 6) is 1.81. The number of hydrogen-bond donors (Lipinski definition) is 0. The van der Waals surface area contributed by atoms with Crippen LogP contribution >= 0.6 is 11.3 Å². The van der Waals surface area contributed by atoms with E-state index in [4.69, 9.17) is 19.4 Å². The first-order valence-corrected chi connectivity index (χ1v) is 21.9. The van der Waals surface area contributed by atoms with Gasteiger partial charge in [-0.2, -0.15) is 0 Å². The van der Waals surface area contributed by atoms with Crippen LogP contribution in [0.5, 0.6) is 0 Å². The van der Waals surface area contributed by atoms with Gasteiger partial charge in [0, 0.05) is 70.2 Å². The van der Waals surface area contributed by atoms with E-state index in [9.17, 15) is 0 Å². The number of benzene rings is 9. The molecule has 4 heterocycles. The van der Waals surface area contributed by atoms with Crippen molar-refractivity contribution in [3.63, 3.8) is 0 Å². The van der Waals surface area contributed by atoms with Crippen LogP contribution in [0.2, 0.25) is 0 Å². The molecule has 0 radical (unpaired) electrons. The Morgan fingerprint density at radius 2 is 0.984 bits per heavy atom. The zero-order valence-corrected chi connectivity index (χ0v) is 34.6. The molecule has 0 aliphatic carbocycles. The third-order valence-electron chi connectivity index (χ3n) is 12.2. The molecular formula is C57H34N4OS. The minimum atomic E-state index is 0.584. The molecule has 9 aromatic carbocycles. The molecule has 0 saturated heterocycles. The van der Waals surface area contributed by atoms with Crippen LogP contribution in [0.1, 0.15) is 0 Å². The van der Waals surface area contributed by atoms with Crippen molar-refractivity contribution in [2.75, 3.05) is 0 Å².